The highest BCUT2D eigenvalue weighted by Gasteiger charge is 2.38. The van der Waals surface area contributed by atoms with Gasteiger partial charge in [0.15, 0.2) is 5.17 Å². The molecular weight excluding hydrogens is 353 g/mol. The standard InChI is InChI=1S/C19H26FN3O2S/c1-3-5-11-21-19-23(12-6-4-2)18(25)16(26-19)13-17(24)22-15-9-7-14(20)8-10-15/h7-10,16H,3-6,11-13H2,1-2H3,(H,22,24)/t16-/m0/s1. The van der Waals surface area contributed by atoms with Crippen LogP contribution in [-0.2, 0) is 9.59 Å². The summed E-state index contributed by atoms with van der Waals surface area (Å²) >= 11 is 1.37. The molecule has 0 spiro atoms. The highest BCUT2D eigenvalue weighted by atomic mass is 32.2. The van der Waals surface area contributed by atoms with E-state index in [-0.39, 0.29) is 24.1 Å². The molecule has 1 aromatic rings. The highest BCUT2D eigenvalue weighted by Crippen LogP contribution is 2.30. The van der Waals surface area contributed by atoms with Gasteiger partial charge in [-0.05, 0) is 37.1 Å². The van der Waals surface area contributed by atoms with Crippen LogP contribution in [-0.4, -0.2) is 40.2 Å². The van der Waals surface area contributed by atoms with Gasteiger partial charge in [-0.1, -0.05) is 38.5 Å². The van der Waals surface area contributed by atoms with Crippen LogP contribution in [0.2, 0.25) is 0 Å². The smallest absolute Gasteiger partial charge is 0.242 e. The SMILES string of the molecule is CCCCN=C1S[C@@H](CC(=O)Nc2ccc(F)cc2)C(=O)N1CCCC. The topological polar surface area (TPSA) is 61.8 Å². The maximum Gasteiger partial charge on any atom is 0.242 e. The number of rotatable bonds is 9. The van der Waals surface area contributed by atoms with E-state index >= 15 is 0 Å². The fourth-order valence-corrected chi connectivity index (χ4v) is 3.72. The summed E-state index contributed by atoms with van der Waals surface area (Å²) in [6, 6.07) is 5.58. The lowest BCUT2D eigenvalue weighted by molar-refractivity contribution is -0.128. The molecule has 1 aliphatic rings. The third kappa shape index (κ3) is 5.83. The molecule has 0 radical (unpaired) electrons. The number of aliphatic imine (C=N–C) groups is 1. The van der Waals surface area contributed by atoms with Crippen LogP contribution in [0, 0.1) is 5.82 Å². The molecule has 1 N–H and O–H groups in total. The van der Waals surface area contributed by atoms with Crippen LogP contribution in [0.1, 0.15) is 46.0 Å². The number of carbonyl (C=O) groups is 2. The van der Waals surface area contributed by atoms with Crippen molar-refractivity contribution in [1.82, 2.24) is 4.90 Å². The first-order valence-electron chi connectivity index (χ1n) is 9.13. The number of halogens is 1. The van der Waals surface area contributed by atoms with Gasteiger partial charge in [-0.25, -0.2) is 4.39 Å². The van der Waals surface area contributed by atoms with Gasteiger partial charge < -0.3 is 5.32 Å². The summed E-state index contributed by atoms with van der Waals surface area (Å²) in [5.41, 5.74) is 0.520. The zero-order chi connectivity index (χ0) is 18.9. The van der Waals surface area contributed by atoms with E-state index in [0.29, 0.717) is 18.8 Å². The predicted octanol–water partition coefficient (Wildman–Crippen LogP) is 4.05. The summed E-state index contributed by atoms with van der Waals surface area (Å²) in [6.45, 7) is 5.52. The molecular formula is C19H26FN3O2S. The molecule has 26 heavy (non-hydrogen) atoms. The Morgan fingerprint density at radius 2 is 1.92 bits per heavy atom. The maximum atomic E-state index is 12.9. The molecule has 0 saturated carbocycles. The quantitative estimate of drug-likeness (QED) is 0.658. The van der Waals surface area contributed by atoms with Crippen molar-refractivity contribution in [3.8, 4) is 0 Å². The number of thioether (sulfide) groups is 1. The van der Waals surface area contributed by atoms with Crippen molar-refractivity contribution in [3.63, 3.8) is 0 Å². The van der Waals surface area contributed by atoms with Crippen molar-refractivity contribution in [3.05, 3.63) is 30.1 Å². The minimum atomic E-state index is -0.451. The molecule has 142 valence electrons. The van der Waals surface area contributed by atoms with Gasteiger partial charge in [0.25, 0.3) is 0 Å². The number of hydrogen-bond donors (Lipinski definition) is 1. The Morgan fingerprint density at radius 3 is 2.58 bits per heavy atom. The number of nitrogens with one attached hydrogen (secondary N) is 1. The molecule has 7 heteroatoms. The Hall–Kier alpha value is -1.89. The van der Waals surface area contributed by atoms with Gasteiger partial charge in [0.05, 0.1) is 0 Å². The van der Waals surface area contributed by atoms with E-state index in [2.05, 4.69) is 24.2 Å². The monoisotopic (exact) mass is 379 g/mol. The van der Waals surface area contributed by atoms with Gasteiger partial charge in [-0.2, -0.15) is 0 Å². The third-order valence-electron chi connectivity index (χ3n) is 4.01. The van der Waals surface area contributed by atoms with E-state index in [1.54, 1.807) is 4.90 Å². The van der Waals surface area contributed by atoms with Crippen LogP contribution in [0.3, 0.4) is 0 Å². The fourth-order valence-electron chi connectivity index (χ4n) is 2.53. The Kier molecular flexibility index (Phi) is 8.09. The number of hydrogen-bond acceptors (Lipinski definition) is 4. The summed E-state index contributed by atoms with van der Waals surface area (Å²) < 4.78 is 12.9. The summed E-state index contributed by atoms with van der Waals surface area (Å²) in [5, 5.41) is 2.99. The van der Waals surface area contributed by atoms with E-state index in [0.717, 1.165) is 30.9 Å². The van der Waals surface area contributed by atoms with Crippen LogP contribution in [0.15, 0.2) is 29.3 Å². The molecule has 0 aromatic heterocycles. The molecule has 1 heterocycles. The van der Waals surface area contributed by atoms with Gasteiger partial charge in [0.1, 0.15) is 11.1 Å². The van der Waals surface area contributed by atoms with Crippen molar-refractivity contribution >= 4 is 34.4 Å². The van der Waals surface area contributed by atoms with E-state index < -0.39 is 5.25 Å². The van der Waals surface area contributed by atoms with E-state index in [1.165, 1.54) is 36.0 Å². The summed E-state index contributed by atoms with van der Waals surface area (Å²) in [6.07, 6.45) is 4.01. The summed E-state index contributed by atoms with van der Waals surface area (Å²) in [7, 11) is 0. The number of carbonyl (C=O) groups excluding carboxylic acids is 2. The normalized spacial score (nSPS) is 18.6. The molecule has 1 atom stereocenters. The van der Waals surface area contributed by atoms with Gasteiger partial charge in [-0.3, -0.25) is 19.5 Å². The lowest BCUT2D eigenvalue weighted by atomic mass is 10.2. The van der Waals surface area contributed by atoms with Crippen molar-refractivity contribution in [2.24, 2.45) is 4.99 Å². The lowest BCUT2D eigenvalue weighted by Crippen LogP contribution is -2.34. The molecule has 5 nitrogen and oxygen atoms in total. The first-order chi connectivity index (χ1) is 12.5. The van der Waals surface area contributed by atoms with E-state index in [1.807, 2.05) is 0 Å². The third-order valence-corrected chi connectivity index (χ3v) is 5.23. The zero-order valence-electron chi connectivity index (χ0n) is 15.3. The number of unbranched alkanes of at least 4 members (excludes halogenated alkanes) is 2. The van der Waals surface area contributed by atoms with Gasteiger partial charge >= 0.3 is 0 Å². The fraction of sp³-hybridized carbons (Fsp3) is 0.526. The van der Waals surface area contributed by atoms with Crippen LogP contribution >= 0.6 is 11.8 Å². The minimum Gasteiger partial charge on any atom is -0.326 e. The average molecular weight is 380 g/mol. The van der Waals surface area contributed by atoms with Crippen LogP contribution in [0.4, 0.5) is 10.1 Å². The second kappa shape index (κ2) is 10.3. The van der Waals surface area contributed by atoms with Crippen molar-refractivity contribution < 1.29 is 14.0 Å². The molecule has 2 amide bonds. The highest BCUT2D eigenvalue weighted by molar-refractivity contribution is 8.15. The van der Waals surface area contributed by atoms with Crippen molar-refractivity contribution in [2.45, 2.75) is 51.2 Å². The first kappa shape index (κ1) is 20.4. The van der Waals surface area contributed by atoms with Crippen molar-refractivity contribution in [2.75, 3.05) is 18.4 Å². The number of amidine groups is 1. The number of benzene rings is 1. The zero-order valence-corrected chi connectivity index (χ0v) is 16.2. The second-order valence-electron chi connectivity index (χ2n) is 6.23. The van der Waals surface area contributed by atoms with Crippen LogP contribution in [0.25, 0.3) is 0 Å². The largest absolute Gasteiger partial charge is 0.326 e. The Bertz CT molecular complexity index is 649. The molecule has 1 saturated heterocycles. The van der Waals surface area contributed by atoms with Crippen LogP contribution < -0.4 is 5.32 Å². The Balaban J connectivity index is 1.98. The first-order valence-corrected chi connectivity index (χ1v) is 10.0. The molecule has 2 rings (SSSR count). The summed E-state index contributed by atoms with van der Waals surface area (Å²) in [4.78, 5) is 31.2. The minimum absolute atomic E-state index is 0.0482. The number of amides is 2. The number of nitrogens with zero attached hydrogens (tertiary/aromatic N) is 2. The Labute approximate surface area is 158 Å². The van der Waals surface area contributed by atoms with Gasteiger partial charge in [-0.15, -0.1) is 0 Å². The number of anilines is 1. The lowest BCUT2D eigenvalue weighted by Gasteiger charge is -2.15. The molecule has 1 aliphatic heterocycles. The Morgan fingerprint density at radius 1 is 1.23 bits per heavy atom. The maximum absolute atomic E-state index is 12.9. The van der Waals surface area contributed by atoms with Crippen LogP contribution in [0.5, 0.6) is 0 Å². The molecule has 1 aromatic carbocycles. The molecule has 1 fully saturated rings. The molecule has 0 unspecified atom stereocenters. The van der Waals surface area contributed by atoms with E-state index in [4.69, 9.17) is 0 Å². The second-order valence-corrected chi connectivity index (χ2v) is 7.40. The molecule has 0 aliphatic carbocycles. The van der Waals surface area contributed by atoms with Crippen molar-refractivity contribution in [1.29, 1.82) is 0 Å². The van der Waals surface area contributed by atoms with E-state index in [9.17, 15) is 14.0 Å². The van der Waals surface area contributed by atoms with Gasteiger partial charge in [0, 0.05) is 25.2 Å². The average Bonchev–Trinajstić information content (AvgIpc) is 2.90. The summed E-state index contributed by atoms with van der Waals surface area (Å²) in [5.74, 6) is -0.662. The predicted molar refractivity (Wildman–Crippen MR) is 105 cm³/mol. The molecule has 0 bridgehead atoms. The van der Waals surface area contributed by atoms with Gasteiger partial charge in [0.2, 0.25) is 11.8 Å².